The van der Waals surface area contributed by atoms with Gasteiger partial charge in [0.15, 0.2) is 0 Å². The fourth-order valence-electron chi connectivity index (χ4n) is 3.43. The average molecular weight is 383 g/mol. The van der Waals surface area contributed by atoms with Crippen LogP contribution in [-0.4, -0.2) is 41.0 Å². The number of benzene rings is 1. The van der Waals surface area contributed by atoms with Gasteiger partial charge in [-0.3, -0.25) is 14.5 Å². The number of aliphatic carboxylic acids is 1. The number of nitrogens with one attached hydrogen (secondary N) is 1. The molecule has 0 aliphatic carbocycles. The third kappa shape index (κ3) is 6.61. The molecule has 0 bridgehead atoms. The summed E-state index contributed by atoms with van der Waals surface area (Å²) in [6.45, 7) is 7.17. The predicted octanol–water partition coefficient (Wildman–Crippen LogP) is 3.42. The lowest BCUT2D eigenvalue weighted by atomic mass is 10.00. The number of piperidine rings is 1. The molecule has 26 heavy (non-hydrogen) atoms. The summed E-state index contributed by atoms with van der Waals surface area (Å²) in [6.07, 6.45) is 3.53. The number of carboxylic acid groups (broad SMARTS) is 1. The lowest BCUT2D eigenvalue weighted by molar-refractivity contribution is -0.145. The lowest BCUT2D eigenvalue weighted by Crippen LogP contribution is -2.49. The average Bonchev–Trinajstić information content (AvgIpc) is 2.55. The molecule has 6 heteroatoms. The van der Waals surface area contributed by atoms with E-state index in [1.807, 2.05) is 6.92 Å². The molecule has 0 saturated carbocycles. The van der Waals surface area contributed by atoms with Gasteiger partial charge in [0.05, 0.1) is 12.6 Å². The molecule has 1 aromatic rings. The number of rotatable bonds is 7. The molecule has 1 fully saturated rings. The number of carbonyl (C=O) groups excluding carboxylic acids is 1. The fourth-order valence-corrected chi connectivity index (χ4v) is 3.43. The van der Waals surface area contributed by atoms with Gasteiger partial charge in [-0.25, -0.2) is 0 Å². The molecule has 2 N–H and O–H groups in total. The number of halogens is 1. The molecule has 0 spiro atoms. The zero-order valence-corrected chi connectivity index (χ0v) is 16.7. The summed E-state index contributed by atoms with van der Waals surface area (Å²) >= 11 is 0. The summed E-state index contributed by atoms with van der Waals surface area (Å²) in [6, 6.07) is 7.72. The van der Waals surface area contributed by atoms with E-state index in [0.717, 1.165) is 24.8 Å². The van der Waals surface area contributed by atoms with Gasteiger partial charge < -0.3 is 10.4 Å². The van der Waals surface area contributed by atoms with Crippen LogP contribution in [0.5, 0.6) is 0 Å². The molecule has 2 atom stereocenters. The van der Waals surface area contributed by atoms with Crippen molar-refractivity contribution in [2.24, 2.45) is 5.92 Å². The molecular formula is C20H31ClN2O3. The third-order valence-electron chi connectivity index (χ3n) is 4.75. The molecular weight excluding hydrogens is 352 g/mol. The van der Waals surface area contributed by atoms with Crippen LogP contribution < -0.4 is 5.32 Å². The van der Waals surface area contributed by atoms with Crippen molar-refractivity contribution in [1.82, 2.24) is 10.2 Å². The number of amides is 1. The van der Waals surface area contributed by atoms with E-state index in [2.05, 4.69) is 43.4 Å². The van der Waals surface area contributed by atoms with E-state index in [4.69, 9.17) is 0 Å². The van der Waals surface area contributed by atoms with Crippen LogP contribution in [-0.2, 0) is 16.0 Å². The van der Waals surface area contributed by atoms with Gasteiger partial charge in [0.25, 0.3) is 0 Å². The quantitative estimate of drug-likeness (QED) is 0.758. The summed E-state index contributed by atoms with van der Waals surface area (Å²) in [5.41, 5.74) is 2.36. The second-order valence-electron chi connectivity index (χ2n) is 7.45. The highest BCUT2D eigenvalue weighted by Crippen LogP contribution is 2.18. The van der Waals surface area contributed by atoms with Crippen molar-refractivity contribution in [2.75, 3.05) is 13.1 Å². The Balaban J connectivity index is 0.00000338. The zero-order chi connectivity index (χ0) is 18.4. The van der Waals surface area contributed by atoms with E-state index < -0.39 is 12.0 Å². The van der Waals surface area contributed by atoms with Crippen LogP contribution in [0.4, 0.5) is 0 Å². The summed E-state index contributed by atoms with van der Waals surface area (Å²) in [5, 5.41) is 12.3. The van der Waals surface area contributed by atoms with Crippen molar-refractivity contribution in [2.45, 2.75) is 58.5 Å². The molecule has 1 heterocycles. The number of hydrogen-bond donors (Lipinski definition) is 2. The highest BCUT2D eigenvalue weighted by Gasteiger charge is 2.29. The topological polar surface area (TPSA) is 69.6 Å². The first-order valence-corrected chi connectivity index (χ1v) is 9.22. The number of nitrogens with zero attached hydrogens (tertiary/aromatic N) is 1. The van der Waals surface area contributed by atoms with Crippen LogP contribution in [0, 0.1) is 5.92 Å². The van der Waals surface area contributed by atoms with Gasteiger partial charge in [-0.2, -0.15) is 0 Å². The van der Waals surface area contributed by atoms with Crippen molar-refractivity contribution in [3.05, 3.63) is 35.4 Å². The standard InChI is InChI=1S/C20H30N2O3.ClH/c1-14(2)12-16-7-9-17(10-8-16)15(3)21-19(23)13-22-11-5-4-6-18(22)20(24)25;/h7-10,14-15,18H,4-6,11-13H2,1-3H3,(H,21,23)(H,24,25);1H. The molecule has 0 radical (unpaired) electrons. The summed E-state index contributed by atoms with van der Waals surface area (Å²) in [5.74, 6) is -0.331. The maximum atomic E-state index is 12.3. The largest absolute Gasteiger partial charge is 0.480 e. The second-order valence-corrected chi connectivity index (χ2v) is 7.45. The first-order chi connectivity index (χ1) is 11.9. The van der Waals surface area contributed by atoms with Crippen molar-refractivity contribution < 1.29 is 14.7 Å². The smallest absolute Gasteiger partial charge is 0.320 e. The predicted molar refractivity (Wildman–Crippen MR) is 106 cm³/mol. The Morgan fingerprint density at radius 2 is 1.85 bits per heavy atom. The van der Waals surface area contributed by atoms with E-state index >= 15 is 0 Å². The van der Waals surface area contributed by atoms with Crippen LogP contribution in [0.25, 0.3) is 0 Å². The van der Waals surface area contributed by atoms with E-state index in [9.17, 15) is 14.7 Å². The minimum atomic E-state index is -0.832. The van der Waals surface area contributed by atoms with Crippen LogP contribution in [0.3, 0.4) is 0 Å². The molecule has 1 saturated heterocycles. The summed E-state index contributed by atoms with van der Waals surface area (Å²) < 4.78 is 0. The lowest BCUT2D eigenvalue weighted by Gasteiger charge is -2.32. The van der Waals surface area contributed by atoms with Gasteiger partial charge in [0.1, 0.15) is 6.04 Å². The van der Waals surface area contributed by atoms with Gasteiger partial charge in [0.2, 0.25) is 5.91 Å². The molecule has 1 aliphatic rings. The fraction of sp³-hybridized carbons (Fsp3) is 0.600. The Morgan fingerprint density at radius 3 is 2.42 bits per heavy atom. The molecule has 0 aromatic heterocycles. The molecule has 1 aromatic carbocycles. The first kappa shape index (κ1) is 22.5. The van der Waals surface area contributed by atoms with Crippen LogP contribution in [0.1, 0.15) is 57.2 Å². The van der Waals surface area contributed by atoms with Crippen LogP contribution in [0.15, 0.2) is 24.3 Å². The van der Waals surface area contributed by atoms with Crippen molar-refractivity contribution in [1.29, 1.82) is 0 Å². The van der Waals surface area contributed by atoms with E-state index in [1.165, 1.54) is 5.56 Å². The van der Waals surface area contributed by atoms with E-state index in [0.29, 0.717) is 18.9 Å². The highest BCUT2D eigenvalue weighted by atomic mass is 35.5. The summed E-state index contributed by atoms with van der Waals surface area (Å²) in [4.78, 5) is 25.4. The van der Waals surface area contributed by atoms with Crippen LogP contribution >= 0.6 is 12.4 Å². The van der Waals surface area contributed by atoms with Gasteiger partial charge in [-0.05, 0) is 49.8 Å². The molecule has 146 valence electrons. The monoisotopic (exact) mass is 382 g/mol. The van der Waals surface area contributed by atoms with Crippen molar-refractivity contribution in [3.8, 4) is 0 Å². The Morgan fingerprint density at radius 1 is 1.19 bits per heavy atom. The summed E-state index contributed by atoms with van der Waals surface area (Å²) in [7, 11) is 0. The third-order valence-corrected chi connectivity index (χ3v) is 4.75. The van der Waals surface area contributed by atoms with Crippen LogP contribution in [0.2, 0.25) is 0 Å². The van der Waals surface area contributed by atoms with E-state index in [1.54, 1.807) is 4.90 Å². The maximum absolute atomic E-state index is 12.3. The normalized spacial score (nSPS) is 18.8. The minimum Gasteiger partial charge on any atom is -0.480 e. The minimum absolute atomic E-state index is 0. The highest BCUT2D eigenvalue weighted by molar-refractivity contribution is 5.85. The second kappa shape index (κ2) is 10.5. The number of likely N-dealkylation sites (tertiary alicyclic amines) is 1. The first-order valence-electron chi connectivity index (χ1n) is 9.22. The van der Waals surface area contributed by atoms with Gasteiger partial charge >= 0.3 is 5.97 Å². The van der Waals surface area contributed by atoms with Gasteiger partial charge in [-0.1, -0.05) is 44.5 Å². The molecule has 2 rings (SSSR count). The Labute approximate surface area is 162 Å². The van der Waals surface area contributed by atoms with Gasteiger partial charge in [0, 0.05) is 0 Å². The Hall–Kier alpha value is -1.59. The van der Waals surface area contributed by atoms with Gasteiger partial charge in [-0.15, -0.1) is 12.4 Å². The molecule has 1 aliphatic heterocycles. The maximum Gasteiger partial charge on any atom is 0.320 e. The van der Waals surface area contributed by atoms with E-state index in [-0.39, 0.29) is 30.9 Å². The zero-order valence-electron chi connectivity index (χ0n) is 15.9. The Kier molecular flexibility index (Phi) is 9.09. The number of hydrogen-bond acceptors (Lipinski definition) is 3. The molecule has 1 amide bonds. The van der Waals surface area contributed by atoms with Crippen molar-refractivity contribution >= 4 is 24.3 Å². The molecule has 2 unspecified atom stereocenters. The number of carboxylic acids is 1. The molecule has 5 nitrogen and oxygen atoms in total. The Bertz CT molecular complexity index is 589. The van der Waals surface area contributed by atoms with Crippen molar-refractivity contribution in [3.63, 3.8) is 0 Å². The number of carbonyl (C=O) groups is 2. The SMILES string of the molecule is CC(C)Cc1ccc(C(C)NC(=O)CN2CCCCC2C(=O)O)cc1.Cl.